The highest BCUT2D eigenvalue weighted by Gasteiger charge is 2.43. The van der Waals surface area contributed by atoms with Crippen LogP contribution >= 0.6 is 0 Å². The standard InChI is InChI=1S/C8H19N3O/c1-6-11(12)8(4,5)7(2,3)10-9/h6,10H,9H2,1-5H3/b11-6-. The van der Waals surface area contributed by atoms with Crippen LogP contribution in [0.4, 0.5) is 0 Å². The highest BCUT2D eigenvalue weighted by molar-refractivity contribution is 5.47. The normalized spacial score (nSPS) is 15.0. The summed E-state index contributed by atoms with van der Waals surface area (Å²) in [5.74, 6) is 5.36. The predicted molar refractivity (Wildman–Crippen MR) is 50.8 cm³/mol. The summed E-state index contributed by atoms with van der Waals surface area (Å²) in [6, 6.07) is 0. The topological polar surface area (TPSA) is 64.1 Å². The van der Waals surface area contributed by atoms with Gasteiger partial charge in [0.2, 0.25) is 0 Å². The molecular weight excluding hydrogens is 154 g/mol. The molecule has 0 radical (unpaired) electrons. The Morgan fingerprint density at radius 3 is 2.00 bits per heavy atom. The van der Waals surface area contributed by atoms with E-state index in [2.05, 4.69) is 5.43 Å². The van der Waals surface area contributed by atoms with Crippen molar-refractivity contribution in [2.24, 2.45) is 5.84 Å². The van der Waals surface area contributed by atoms with Gasteiger partial charge in [-0.25, -0.2) is 10.2 Å². The molecule has 0 spiro atoms. The molecule has 0 saturated carbocycles. The van der Waals surface area contributed by atoms with Crippen molar-refractivity contribution >= 4 is 6.21 Å². The number of rotatable bonds is 3. The first-order valence-electron chi connectivity index (χ1n) is 4.03. The second-order valence-corrected chi connectivity index (χ2v) is 3.91. The van der Waals surface area contributed by atoms with E-state index in [9.17, 15) is 5.21 Å². The van der Waals surface area contributed by atoms with Crippen LogP contribution in [0.3, 0.4) is 0 Å². The maximum Gasteiger partial charge on any atom is 0.185 e. The molecule has 0 aromatic heterocycles. The largest absolute Gasteiger partial charge is 0.624 e. The van der Waals surface area contributed by atoms with Crippen molar-refractivity contribution in [3.8, 4) is 0 Å². The van der Waals surface area contributed by atoms with Gasteiger partial charge in [0, 0.05) is 20.8 Å². The Morgan fingerprint density at radius 2 is 1.75 bits per heavy atom. The van der Waals surface area contributed by atoms with Crippen LogP contribution < -0.4 is 11.3 Å². The molecule has 4 heteroatoms. The van der Waals surface area contributed by atoms with Gasteiger partial charge in [0.05, 0.1) is 5.54 Å². The lowest BCUT2D eigenvalue weighted by molar-refractivity contribution is -0.550. The third kappa shape index (κ3) is 1.76. The van der Waals surface area contributed by atoms with E-state index < -0.39 is 11.1 Å². The van der Waals surface area contributed by atoms with Crippen molar-refractivity contribution in [1.82, 2.24) is 5.43 Å². The van der Waals surface area contributed by atoms with Gasteiger partial charge in [-0.2, -0.15) is 0 Å². The van der Waals surface area contributed by atoms with Crippen LogP contribution in [-0.2, 0) is 0 Å². The first kappa shape index (κ1) is 11.4. The number of nitrogens with zero attached hydrogens (tertiary/aromatic N) is 1. The third-order valence-electron chi connectivity index (χ3n) is 2.68. The number of hydroxylamine groups is 1. The summed E-state index contributed by atoms with van der Waals surface area (Å²) in [6.45, 7) is 9.18. The van der Waals surface area contributed by atoms with Gasteiger partial charge in [-0.3, -0.25) is 5.84 Å². The average Bonchev–Trinajstić information content (AvgIpc) is 2.02. The van der Waals surface area contributed by atoms with Gasteiger partial charge >= 0.3 is 0 Å². The van der Waals surface area contributed by atoms with Crippen molar-refractivity contribution in [1.29, 1.82) is 0 Å². The highest BCUT2D eigenvalue weighted by atomic mass is 16.5. The van der Waals surface area contributed by atoms with Crippen LogP contribution in [0.5, 0.6) is 0 Å². The van der Waals surface area contributed by atoms with Crippen molar-refractivity contribution in [2.45, 2.75) is 45.7 Å². The molecule has 0 unspecified atom stereocenters. The molecule has 0 aromatic carbocycles. The van der Waals surface area contributed by atoms with Crippen molar-refractivity contribution in [2.75, 3.05) is 0 Å². The molecule has 3 N–H and O–H groups in total. The molecule has 72 valence electrons. The fourth-order valence-corrected chi connectivity index (χ4v) is 0.775. The molecule has 0 atom stereocenters. The number of nitrogens with two attached hydrogens (primary N) is 1. The van der Waals surface area contributed by atoms with Gasteiger partial charge in [0.15, 0.2) is 5.54 Å². The molecule has 12 heavy (non-hydrogen) atoms. The van der Waals surface area contributed by atoms with E-state index in [1.807, 2.05) is 27.7 Å². The van der Waals surface area contributed by atoms with E-state index in [1.165, 1.54) is 6.21 Å². The van der Waals surface area contributed by atoms with Crippen molar-refractivity contribution in [3.05, 3.63) is 5.21 Å². The Labute approximate surface area is 74.0 Å². The van der Waals surface area contributed by atoms with Gasteiger partial charge in [0.25, 0.3) is 0 Å². The van der Waals surface area contributed by atoms with Gasteiger partial charge < -0.3 is 5.21 Å². The number of nitrogens with one attached hydrogen (secondary N) is 1. The maximum atomic E-state index is 11.4. The van der Waals surface area contributed by atoms with E-state index in [-0.39, 0.29) is 0 Å². The molecule has 0 heterocycles. The van der Waals surface area contributed by atoms with Gasteiger partial charge in [-0.1, -0.05) is 0 Å². The predicted octanol–water partition coefficient (Wildman–Crippen LogP) is 0.608. The highest BCUT2D eigenvalue weighted by Crippen LogP contribution is 2.23. The lowest BCUT2D eigenvalue weighted by atomic mass is 9.83. The molecule has 0 amide bonds. The van der Waals surface area contributed by atoms with E-state index in [1.54, 1.807) is 6.92 Å². The molecule has 0 aliphatic rings. The monoisotopic (exact) mass is 173 g/mol. The minimum Gasteiger partial charge on any atom is -0.624 e. The average molecular weight is 173 g/mol. The van der Waals surface area contributed by atoms with Crippen molar-refractivity contribution in [3.63, 3.8) is 0 Å². The Balaban J connectivity index is 4.84. The van der Waals surface area contributed by atoms with Crippen LogP contribution in [0, 0.1) is 5.21 Å². The second-order valence-electron chi connectivity index (χ2n) is 3.91. The zero-order valence-corrected chi connectivity index (χ0v) is 8.51. The Bertz CT molecular complexity index is 185. The number of hydrogen-bond donors (Lipinski definition) is 2. The van der Waals surface area contributed by atoms with E-state index >= 15 is 0 Å². The summed E-state index contributed by atoms with van der Waals surface area (Å²) in [6.07, 6.45) is 1.50. The minimum atomic E-state index is -0.559. The molecule has 0 fully saturated rings. The SMILES string of the molecule is C/C=[N+](\[O-])C(C)(C)C(C)(C)NN. The Hall–Kier alpha value is -0.610. The van der Waals surface area contributed by atoms with E-state index in [0.717, 1.165) is 4.74 Å². The third-order valence-corrected chi connectivity index (χ3v) is 2.68. The summed E-state index contributed by atoms with van der Waals surface area (Å²) in [4.78, 5) is 0. The van der Waals surface area contributed by atoms with Gasteiger partial charge in [0.1, 0.15) is 6.21 Å². The van der Waals surface area contributed by atoms with Crippen LogP contribution in [0.15, 0.2) is 0 Å². The summed E-state index contributed by atoms with van der Waals surface area (Å²) >= 11 is 0. The smallest absolute Gasteiger partial charge is 0.185 e. The van der Waals surface area contributed by atoms with Gasteiger partial charge in [-0.05, 0) is 13.8 Å². The summed E-state index contributed by atoms with van der Waals surface area (Å²) < 4.78 is 0.910. The number of hydrazine groups is 1. The number of hydrogen-bond acceptors (Lipinski definition) is 3. The second kappa shape index (κ2) is 3.41. The molecule has 0 aliphatic carbocycles. The zero-order chi connectivity index (χ0) is 9.99. The molecule has 0 aliphatic heterocycles. The van der Waals surface area contributed by atoms with Crippen LogP contribution in [0.25, 0.3) is 0 Å². The van der Waals surface area contributed by atoms with E-state index in [4.69, 9.17) is 5.84 Å². The fraction of sp³-hybridized carbons (Fsp3) is 0.875. The maximum absolute atomic E-state index is 11.4. The molecular formula is C8H19N3O. The minimum absolute atomic E-state index is 0.429. The quantitative estimate of drug-likeness (QED) is 0.216. The summed E-state index contributed by atoms with van der Waals surface area (Å²) in [7, 11) is 0. The molecule has 0 bridgehead atoms. The molecule has 0 saturated heterocycles. The summed E-state index contributed by atoms with van der Waals surface area (Å²) in [5.41, 5.74) is 1.65. The van der Waals surface area contributed by atoms with E-state index in [0.29, 0.717) is 0 Å². The van der Waals surface area contributed by atoms with Gasteiger partial charge in [-0.15, -0.1) is 0 Å². The lowest BCUT2D eigenvalue weighted by Crippen LogP contribution is -2.62. The lowest BCUT2D eigenvalue weighted by Gasteiger charge is -2.38. The molecule has 4 nitrogen and oxygen atoms in total. The summed E-state index contributed by atoms with van der Waals surface area (Å²) in [5, 5.41) is 11.4. The van der Waals surface area contributed by atoms with Crippen LogP contribution in [0.2, 0.25) is 0 Å². The fourth-order valence-electron chi connectivity index (χ4n) is 0.775. The van der Waals surface area contributed by atoms with Crippen LogP contribution in [0.1, 0.15) is 34.6 Å². The molecule has 0 rings (SSSR count). The first-order valence-corrected chi connectivity index (χ1v) is 4.03. The van der Waals surface area contributed by atoms with Crippen LogP contribution in [-0.4, -0.2) is 22.0 Å². The zero-order valence-electron chi connectivity index (χ0n) is 8.51. The molecule has 0 aromatic rings. The Kier molecular flexibility index (Phi) is 3.24. The van der Waals surface area contributed by atoms with Crippen molar-refractivity contribution < 1.29 is 4.74 Å². The Morgan fingerprint density at radius 1 is 1.33 bits per heavy atom. The first-order chi connectivity index (χ1) is 5.29.